The zero-order valence-corrected chi connectivity index (χ0v) is 15.4. The van der Waals surface area contributed by atoms with Crippen molar-refractivity contribution >= 4 is 23.0 Å². The minimum atomic E-state index is -0.100. The van der Waals surface area contributed by atoms with Gasteiger partial charge in [0.1, 0.15) is 5.69 Å². The molecule has 132 valence electrons. The van der Waals surface area contributed by atoms with Gasteiger partial charge in [-0.25, -0.2) is 4.98 Å². The van der Waals surface area contributed by atoms with E-state index in [0.717, 1.165) is 17.1 Å². The van der Waals surface area contributed by atoms with E-state index < -0.39 is 0 Å². The number of benzene rings is 2. The molecule has 0 fully saturated rings. The Morgan fingerprint density at radius 2 is 1.65 bits per heavy atom. The quantitative estimate of drug-likeness (QED) is 0.699. The first-order valence-electron chi connectivity index (χ1n) is 8.75. The number of carbonyl (C=O) groups is 1. The number of carbonyl (C=O) groups excluding carboxylic acids is 1. The van der Waals surface area contributed by atoms with Crippen LogP contribution in [0.3, 0.4) is 0 Å². The summed E-state index contributed by atoms with van der Waals surface area (Å²) in [4.78, 5) is 18.9. The maximum Gasteiger partial charge on any atom is 0.276 e. The second-order valence-electron chi connectivity index (χ2n) is 6.32. The lowest BCUT2D eigenvalue weighted by molar-refractivity contribution is 0.0983. The molecule has 0 atom stereocenters. The lowest BCUT2D eigenvalue weighted by Gasteiger charge is -2.20. The van der Waals surface area contributed by atoms with Crippen LogP contribution < -0.4 is 10.2 Å². The van der Waals surface area contributed by atoms with Crippen LogP contribution in [0, 0.1) is 13.8 Å². The van der Waals surface area contributed by atoms with Crippen molar-refractivity contribution in [1.29, 1.82) is 0 Å². The van der Waals surface area contributed by atoms with Gasteiger partial charge < -0.3 is 10.2 Å². The normalized spacial score (nSPS) is 10.4. The number of rotatable bonds is 5. The average Bonchev–Trinajstić information content (AvgIpc) is 2.63. The Hall–Kier alpha value is -3.14. The number of para-hydroxylation sites is 1. The predicted octanol–water partition coefficient (Wildman–Crippen LogP) is 5.11. The van der Waals surface area contributed by atoms with Crippen LogP contribution in [0.2, 0.25) is 0 Å². The molecule has 1 amide bonds. The Morgan fingerprint density at radius 3 is 2.23 bits per heavy atom. The van der Waals surface area contributed by atoms with E-state index in [4.69, 9.17) is 0 Å². The second-order valence-corrected chi connectivity index (χ2v) is 6.32. The fraction of sp³-hybridized carbons (Fsp3) is 0.182. The third-order valence-electron chi connectivity index (χ3n) is 4.12. The van der Waals surface area contributed by atoms with Crippen LogP contribution in [-0.4, -0.2) is 17.4 Å². The van der Waals surface area contributed by atoms with E-state index in [2.05, 4.69) is 42.3 Å². The van der Waals surface area contributed by atoms with E-state index in [-0.39, 0.29) is 5.91 Å². The molecule has 2 aromatic carbocycles. The van der Waals surface area contributed by atoms with Crippen molar-refractivity contribution in [1.82, 2.24) is 4.98 Å². The first kappa shape index (κ1) is 17.7. The van der Waals surface area contributed by atoms with Crippen LogP contribution in [0.15, 0.2) is 66.9 Å². The molecule has 0 aliphatic carbocycles. The molecule has 0 saturated heterocycles. The lowest BCUT2D eigenvalue weighted by Crippen LogP contribution is -2.31. The van der Waals surface area contributed by atoms with E-state index in [1.165, 1.54) is 11.1 Å². The summed E-state index contributed by atoms with van der Waals surface area (Å²) in [6, 6.07) is 19.6. The molecule has 4 nitrogen and oxygen atoms in total. The highest BCUT2D eigenvalue weighted by molar-refractivity contribution is 6.04. The van der Waals surface area contributed by atoms with Gasteiger partial charge in [-0.3, -0.25) is 4.79 Å². The summed E-state index contributed by atoms with van der Waals surface area (Å²) in [5.41, 5.74) is 5.58. The summed E-state index contributed by atoms with van der Waals surface area (Å²) in [7, 11) is 0. The minimum Gasteiger partial charge on any atom is -0.354 e. The standard InChI is InChI=1S/C22H23N3O/c1-4-25(20-8-6-5-7-9-20)22(26)21-11-10-18(15-23-21)24-19-13-16(2)12-17(3)14-19/h5-15,24H,4H2,1-3H3. The molecule has 1 heterocycles. The van der Waals surface area contributed by atoms with Crippen LogP contribution in [0.5, 0.6) is 0 Å². The molecular weight excluding hydrogens is 322 g/mol. The molecule has 3 aromatic rings. The van der Waals surface area contributed by atoms with E-state index in [0.29, 0.717) is 12.2 Å². The maximum atomic E-state index is 12.8. The highest BCUT2D eigenvalue weighted by atomic mass is 16.2. The topological polar surface area (TPSA) is 45.2 Å². The van der Waals surface area contributed by atoms with Gasteiger partial charge in [-0.2, -0.15) is 0 Å². The number of aromatic nitrogens is 1. The Balaban J connectivity index is 1.77. The van der Waals surface area contributed by atoms with Crippen molar-refractivity contribution in [2.45, 2.75) is 20.8 Å². The predicted molar refractivity (Wildman–Crippen MR) is 107 cm³/mol. The molecule has 0 radical (unpaired) electrons. The highest BCUT2D eigenvalue weighted by Gasteiger charge is 2.17. The summed E-state index contributed by atoms with van der Waals surface area (Å²) < 4.78 is 0. The van der Waals surface area contributed by atoms with Gasteiger partial charge in [0.05, 0.1) is 11.9 Å². The van der Waals surface area contributed by atoms with Crippen LogP contribution in [0.4, 0.5) is 17.1 Å². The van der Waals surface area contributed by atoms with E-state index >= 15 is 0 Å². The number of nitrogens with zero attached hydrogens (tertiary/aromatic N) is 2. The summed E-state index contributed by atoms with van der Waals surface area (Å²) >= 11 is 0. The van der Waals surface area contributed by atoms with Crippen LogP contribution in [0.25, 0.3) is 0 Å². The lowest BCUT2D eigenvalue weighted by atomic mass is 10.1. The van der Waals surface area contributed by atoms with Crippen molar-refractivity contribution in [2.24, 2.45) is 0 Å². The van der Waals surface area contributed by atoms with Crippen molar-refractivity contribution in [3.63, 3.8) is 0 Å². The first-order chi connectivity index (χ1) is 12.6. The third-order valence-corrected chi connectivity index (χ3v) is 4.12. The van der Waals surface area contributed by atoms with Crippen LogP contribution in [-0.2, 0) is 0 Å². The van der Waals surface area contributed by atoms with Gasteiger partial charge in [0, 0.05) is 17.9 Å². The van der Waals surface area contributed by atoms with Crippen LogP contribution in [0.1, 0.15) is 28.5 Å². The summed E-state index contributed by atoms with van der Waals surface area (Å²) in [5.74, 6) is -0.100. The third kappa shape index (κ3) is 4.09. The maximum absolute atomic E-state index is 12.8. The Labute approximate surface area is 154 Å². The largest absolute Gasteiger partial charge is 0.354 e. The summed E-state index contributed by atoms with van der Waals surface area (Å²) in [6.45, 7) is 6.69. The fourth-order valence-electron chi connectivity index (χ4n) is 3.00. The van der Waals surface area contributed by atoms with Gasteiger partial charge in [0.15, 0.2) is 0 Å². The Morgan fingerprint density at radius 1 is 0.962 bits per heavy atom. The molecule has 26 heavy (non-hydrogen) atoms. The van der Waals surface area contributed by atoms with Gasteiger partial charge in [0.25, 0.3) is 5.91 Å². The molecule has 4 heteroatoms. The zero-order valence-electron chi connectivity index (χ0n) is 15.4. The molecule has 0 spiro atoms. The van der Waals surface area contributed by atoms with Gasteiger partial charge in [0.2, 0.25) is 0 Å². The summed E-state index contributed by atoms with van der Waals surface area (Å²) in [5, 5.41) is 3.34. The van der Waals surface area contributed by atoms with Gasteiger partial charge in [-0.1, -0.05) is 24.3 Å². The Kier molecular flexibility index (Phi) is 5.32. The monoisotopic (exact) mass is 345 g/mol. The molecule has 1 N–H and O–H groups in total. The molecule has 0 aliphatic heterocycles. The van der Waals surface area contributed by atoms with Gasteiger partial charge in [-0.05, 0) is 68.3 Å². The number of anilines is 3. The smallest absolute Gasteiger partial charge is 0.276 e. The second kappa shape index (κ2) is 7.83. The van der Waals surface area contributed by atoms with E-state index in [1.807, 2.05) is 43.3 Å². The van der Waals surface area contributed by atoms with E-state index in [9.17, 15) is 4.79 Å². The van der Waals surface area contributed by atoms with Gasteiger partial charge >= 0.3 is 0 Å². The number of hydrogen-bond acceptors (Lipinski definition) is 3. The Bertz CT molecular complexity index is 869. The molecule has 0 unspecified atom stereocenters. The van der Waals surface area contributed by atoms with Crippen molar-refractivity contribution < 1.29 is 4.79 Å². The fourth-order valence-corrected chi connectivity index (χ4v) is 3.00. The average molecular weight is 345 g/mol. The summed E-state index contributed by atoms with van der Waals surface area (Å²) in [6.07, 6.45) is 1.70. The molecule has 3 rings (SSSR count). The molecule has 0 bridgehead atoms. The van der Waals surface area contributed by atoms with Crippen LogP contribution >= 0.6 is 0 Å². The number of aryl methyl sites for hydroxylation is 2. The minimum absolute atomic E-state index is 0.100. The van der Waals surface area contributed by atoms with Crippen molar-refractivity contribution in [2.75, 3.05) is 16.8 Å². The van der Waals surface area contributed by atoms with Gasteiger partial charge in [-0.15, -0.1) is 0 Å². The zero-order chi connectivity index (χ0) is 18.5. The first-order valence-corrected chi connectivity index (χ1v) is 8.75. The van der Waals surface area contributed by atoms with E-state index in [1.54, 1.807) is 17.2 Å². The number of nitrogens with one attached hydrogen (secondary N) is 1. The molecule has 0 aliphatic rings. The molecule has 0 saturated carbocycles. The highest BCUT2D eigenvalue weighted by Crippen LogP contribution is 2.20. The number of hydrogen-bond donors (Lipinski definition) is 1. The van der Waals surface area contributed by atoms with Crippen molar-refractivity contribution in [3.8, 4) is 0 Å². The number of pyridine rings is 1. The van der Waals surface area contributed by atoms with Crippen molar-refractivity contribution in [3.05, 3.63) is 83.7 Å². The number of amides is 1. The SMILES string of the molecule is CCN(C(=O)c1ccc(Nc2cc(C)cc(C)c2)cn1)c1ccccc1. The molecule has 1 aromatic heterocycles. The molecular formula is C22H23N3O.